The Bertz CT molecular complexity index is 871. The first-order chi connectivity index (χ1) is 13.6. The molecule has 0 saturated heterocycles. The lowest BCUT2D eigenvalue weighted by atomic mass is 9.80. The third-order valence-corrected chi connectivity index (χ3v) is 13.4. The van der Waals surface area contributed by atoms with Gasteiger partial charge in [-0.2, -0.15) is 0 Å². The smallest absolute Gasteiger partial charge is 0.102 e. The Morgan fingerprint density at radius 1 is 0.607 bits per heavy atom. The fourth-order valence-electron chi connectivity index (χ4n) is 4.49. The largest absolute Gasteiger partial charge is 0.111 e. The summed E-state index contributed by atoms with van der Waals surface area (Å²) in [6.07, 6.45) is 6.16. The van der Waals surface area contributed by atoms with E-state index in [1.165, 1.54) is 15.9 Å². The van der Waals surface area contributed by atoms with Crippen molar-refractivity contribution in [2.24, 2.45) is 5.41 Å². The SMILES string of the molecule is C=CC(C=C)(C=C)C([SiH3])(c1ccccc1)[SiH](c1ccccc1)c1ccccc1. The van der Waals surface area contributed by atoms with Gasteiger partial charge in [0.1, 0.15) is 8.80 Å². The summed E-state index contributed by atoms with van der Waals surface area (Å²) in [5, 5.41) is 2.87. The van der Waals surface area contributed by atoms with Crippen LogP contribution in [0.1, 0.15) is 5.56 Å². The van der Waals surface area contributed by atoms with Crippen LogP contribution in [0.3, 0.4) is 0 Å². The van der Waals surface area contributed by atoms with E-state index in [2.05, 4.69) is 129 Å². The van der Waals surface area contributed by atoms with Gasteiger partial charge in [0.05, 0.1) is 0 Å². The molecular weight excluding hydrogens is 368 g/mol. The average molecular weight is 397 g/mol. The van der Waals surface area contributed by atoms with Gasteiger partial charge in [0, 0.05) is 15.7 Å². The van der Waals surface area contributed by atoms with Gasteiger partial charge in [0.15, 0.2) is 0 Å². The van der Waals surface area contributed by atoms with Crippen LogP contribution in [0.2, 0.25) is 0 Å². The lowest BCUT2D eigenvalue weighted by Crippen LogP contribution is -2.65. The van der Waals surface area contributed by atoms with Crippen LogP contribution >= 0.6 is 0 Å². The molecular formula is C26H28Si2. The molecule has 0 aliphatic rings. The number of allylic oxidation sites excluding steroid dienone is 3. The third kappa shape index (κ3) is 3.30. The molecule has 3 rings (SSSR count). The molecule has 0 fully saturated rings. The summed E-state index contributed by atoms with van der Waals surface area (Å²) >= 11 is 0. The van der Waals surface area contributed by atoms with E-state index in [-0.39, 0.29) is 10.1 Å². The lowest BCUT2D eigenvalue weighted by Gasteiger charge is -2.49. The highest BCUT2D eigenvalue weighted by Crippen LogP contribution is 2.44. The molecule has 0 amide bonds. The minimum Gasteiger partial charge on any atom is -0.102 e. The van der Waals surface area contributed by atoms with E-state index < -0.39 is 8.80 Å². The Morgan fingerprint density at radius 3 is 1.32 bits per heavy atom. The molecule has 0 spiro atoms. The van der Waals surface area contributed by atoms with E-state index in [0.29, 0.717) is 0 Å². The highest BCUT2D eigenvalue weighted by atomic mass is 28.3. The first-order valence-electron chi connectivity index (χ1n) is 9.69. The topological polar surface area (TPSA) is 0 Å². The van der Waals surface area contributed by atoms with Gasteiger partial charge in [-0.05, 0) is 10.2 Å². The highest BCUT2D eigenvalue weighted by molar-refractivity contribution is 6.92. The zero-order valence-corrected chi connectivity index (χ0v) is 19.7. The van der Waals surface area contributed by atoms with Crippen LogP contribution in [-0.2, 0) is 4.66 Å². The standard InChI is InChI=1S/C26H28Si2/c1-4-25(5-2,6-3)26(27,22-16-10-7-11-17-22)28(23-18-12-8-13-19-23)24-20-14-9-15-21-24/h4-21,28H,1-3H2,27H3. The second-order valence-electron chi connectivity index (χ2n) is 7.37. The van der Waals surface area contributed by atoms with Crippen molar-refractivity contribution in [1.82, 2.24) is 0 Å². The van der Waals surface area contributed by atoms with Crippen molar-refractivity contribution in [1.29, 1.82) is 0 Å². The number of benzene rings is 3. The van der Waals surface area contributed by atoms with Crippen LogP contribution in [0.4, 0.5) is 0 Å². The number of hydrogen-bond acceptors (Lipinski definition) is 0. The molecule has 3 aromatic rings. The molecule has 0 aliphatic carbocycles. The van der Waals surface area contributed by atoms with Crippen molar-refractivity contribution in [3.05, 3.63) is 135 Å². The quantitative estimate of drug-likeness (QED) is 0.404. The van der Waals surface area contributed by atoms with Gasteiger partial charge in [-0.1, -0.05) is 120 Å². The minimum atomic E-state index is -1.74. The van der Waals surface area contributed by atoms with E-state index in [9.17, 15) is 0 Å². The van der Waals surface area contributed by atoms with Gasteiger partial charge in [-0.15, -0.1) is 19.7 Å². The van der Waals surface area contributed by atoms with Crippen LogP contribution in [0.25, 0.3) is 0 Å². The Hall–Kier alpha value is -2.69. The molecule has 2 heteroatoms. The van der Waals surface area contributed by atoms with Crippen molar-refractivity contribution in [2.75, 3.05) is 0 Å². The Labute approximate surface area is 174 Å². The Kier molecular flexibility index (Phi) is 6.13. The summed E-state index contributed by atoms with van der Waals surface area (Å²) in [5.74, 6) is 0. The number of hydrogen-bond donors (Lipinski definition) is 0. The fourth-order valence-corrected chi connectivity index (χ4v) is 11.7. The van der Waals surface area contributed by atoms with Gasteiger partial charge in [-0.3, -0.25) is 0 Å². The second kappa shape index (κ2) is 8.55. The van der Waals surface area contributed by atoms with Gasteiger partial charge >= 0.3 is 0 Å². The van der Waals surface area contributed by atoms with Crippen molar-refractivity contribution < 1.29 is 0 Å². The molecule has 3 aromatic carbocycles. The van der Waals surface area contributed by atoms with Gasteiger partial charge in [0.2, 0.25) is 0 Å². The van der Waals surface area contributed by atoms with Crippen molar-refractivity contribution in [2.45, 2.75) is 4.66 Å². The van der Waals surface area contributed by atoms with Crippen molar-refractivity contribution >= 4 is 29.4 Å². The second-order valence-corrected chi connectivity index (χ2v) is 13.5. The van der Waals surface area contributed by atoms with Crippen molar-refractivity contribution in [3.8, 4) is 0 Å². The Balaban J connectivity index is 2.40. The van der Waals surface area contributed by atoms with Crippen molar-refractivity contribution in [3.63, 3.8) is 0 Å². The molecule has 140 valence electrons. The van der Waals surface area contributed by atoms with Gasteiger partial charge in [-0.25, -0.2) is 0 Å². The fraction of sp³-hybridized carbons (Fsp3) is 0.0769. The predicted octanol–water partition coefficient (Wildman–Crippen LogP) is 3.37. The van der Waals surface area contributed by atoms with Crippen LogP contribution < -0.4 is 10.4 Å². The highest BCUT2D eigenvalue weighted by Gasteiger charge is 2.50. The minimum absolute atomic E-state index is 0.0950. The zero-order valence-electron chi connectivity index (χ0n) is 16.6. The van der Waals surface area contributed by atoms with E-state index in [0.717, 1.165) is 10.2 Å². The molecule has 0 radical (unpaired) electrons. The molecule has 1 atom stereocenters. The molecule has 1 unspecified atom stereocenters. The van der Waals surface area contributed by atoms with E-state index >= 15 is 0 Å². The lowest BCUT2D eigenvalue weighted by molar-refractivity contribution is 0.541. The van der Waals surface area contributed by atoms with E-state index in [4.69, 9.17) is 0 Å². The normalized spacial score (nSPS) is 13.6. The maximum Gasteiger partial charge on any atom is 0.111 e. The van der Waals surface area contributed by atoms with Crippen LogP contribution in [0.15, 0.2) is 129 Å². The summed E-state index contributed by atoms with van der Waals surface area (Å²) in [7, 11) is -0.794. The molecule has 0 saturated carbocycles. The van der Waals surface area contributed by atoms with Crippen LogP contribution in [-0.4, -0.2) is 19.0 Å². The van der Waals surface area contributed by atoms with E-state index in [1.807, 2.05) is 0 Å². The maximum absolute atomic E-state index is 4.24. The number of rotatable bonds is 8. The first kappa shape index (κ1) is 20.1. The zero-order chi connectivity index (χ0) is 20.0. The Morgan fingerprint density at radius 2 is 0.964 bits per heavy atom. The summed E-state index contributed by atoms with van der Waals surface area (Å²) in [6, 6.07) is 32.9. The maximum atomic E-state index is 4.24. The average Bonchev–Trinajstić information content (AvgIpc) is 2.77. The monoisotopic (exact) mass is 396 g/mol. The van der Waals surface area contributed by atoms with Crippen LogP contribution in [0.5, 0.6) is 0 Å². The summed E-state index contributed by atoms with van der Waals surface area (Å²) in [4.78, 5) is 0. The third-order valence-electron chi connectivity index (χ3n) is 6.13. The molecule has 0 nitrogen and oxygen atoms in total. The van der Waals surface area contributed by atoms with E-state index in [1.54, 1.807) is 0 Å². The summed E-state index contributed by atoms with van der Waals surface area (Å²) in [5.41, 5.74) is 0.981. The van der Waals surface area contributed by atoms with Gasteiger partial charge < -0.3 is 0 Å². The molecule has 0 aromatic heterocycles. The molecule has 0 aliphatic heterocycles. The first-order valence-corrected chi connectivity index (χ1v) is 12.4. The molecule has 28 heavy (non-hydrogen) atoms. The molecule has 0 bridgehead atoms. The summed E-state index contributed by atoms with van der Waals surface area (Å²) in [6.45, 7) is 12.7. The molecule has 0 N–H and O–H groups in total. The van der Waals surface area contributed by atoms with Crippen LogP contribution in [0, 0.1) is 5.41 Å². The summed E-state index contributed by atoms with van der Waals surface area (Å²) < 4.78 is -0.0950. The molecule has 0 heterocycles. The predicted molar refractivity (Wildman–Crippen MR) is 130 cm³/mol. The van der Waals surface area contributed by atoms with Gasteiger partial charge in [0.25, 0.3) is 0 Å².